The van der Waals surface area contributed by atoms with Crippen molar-refractivity contribution in [1.82, 2.24) is 0 Å². The Morgan fingerprint density at radius 2 is 2.17 bits per heavy atom. The minimum atomic E-state index is -0.999. The maximum Gasteiger partial charge on any atom is 0.338 e. The molecule has 4 rings (SSSR count). The fourth-order valence-corrected chi connectivity index (χ4v) is 3.56. The maximum atomic E-state index is 12.1. The van der Waals surface area contributed by atoms with Gasteiger partial charge in [-0.15, -0.1) is 11.3 Å². The number of benzene rings is 1. The van der Waals surface area contributed by atoms with Gasteiger partial charge in [-0.1, -0.05) is 6.07 Å². The predicted octanol–water partition coefficient (Wildman–Crippen LogP) is 2.84. The number of nitrogens with one attached hydrogen (secondary N) is 2. The van der Waals surface area contributed by atoms with Crippen LogP contribution in [0, 0.1) is 0 Å². The summed E-state index contributed by atoms with van der Waals surface area (Å²) < 4.78 is 5.15. The van der Waals surface area contributed by atoms with Gasteiger partial charge in [-0.05, 0) is 29.6 Å². The van der Waals surface area contributed by atoms with Crippen LogP contribution in [-0.4, -0.2) is 23.7 Å². The lowest BCUT2D eigenvalue weighted by molar-refractivity contribution is -0.136. The molecule has 2 aliphatic rings. The third kappa shape index (κ3) is 2.25. The van der Waals surface area contributed by atoms with Gasteiger partial charge >= 0.3 is 11.9 Å². The number of carbonyl (C=O) groups excluding carboxylic acids is 1. The van der Waals surface area contributed by atoms with E-state index in [4.69, 9.17) is 9.84 Å². The number of esters is 1. The second kappa shape index (κ2) is 5.13. The van der Waals surface area contributed by atoms with Crippen LogP contribution in [0.4, 0.5) is 11.4 Å². The molecule has 3 heterocycles. The van der Waals surface area contributed by atoms with Crippen molar-refractivity contribution < 1.29 is 19.4 Å². The second-order valence-electron chi connectivity index (χ2n) is 5.25. The Balaban J connectivity index is 1.84. The van der Waals surface area contributed by atoms with Crippen LogP contribution in [0.25, 0.3) is 0 Å². The number of hydrogen-bond acceptors (Lipinski definition) is 6. The second-order valence-corrected chi connectivity index (χ2v) is 6.23. The number of anilines is 2. The molecule has 0 aliphatic carbocycles. The van der Waals surface area contributed by atoms with Crippen LogP contribution in [0.3, 0.4) is 0 Å². The Bertz CT molecular complexity index is 842. The van der Waals surface area contributed by atoms with Gasteiger partial charge in [-0.2, -0.15) is 0 Å². The van der Waals surface area contributed by atoms with Crippen molar-refractivity contribution in [2.75, 3.05) is 17.2 Å². The minimum Gasteiger partial charge on any atom is -0.478 e. The molecule has 3 N–H and O–H groups in total. The van der Waals surface area contributed by atoms with E-state index in [-0.39, 0.29) is 24.2 Å². The van der Waals surface area contributed by atoms with E-state index < -0.39 is 5.97 Å². The molecule has 6 nitrogen and oxygen atoms in total. The highest BCUT2D eigenvalue weighted by atomic mass is 32.1. The summed E-state index contributed by atoms with van der Waals surface area (Å²) in [4.78, 5) is 24.3. The Hall–Kier alpha value is -2.80. The number of thiophene rings is 1. The summed E-state index contributed by atoms with van der Waals surface area (Å²) in [6.07, 6.45) is 0. The molecule has 0 spiro atoms. The van der Waals surface area contributed by atoms with E-state index >= 15 is 0 Å². The quantitative estimate of drug-likeness (QED) is 0.735. The highest BCUT2D eigenvalue weighted by Crippen LogP contribution is 2.40. The van der Waals surface area contributed by atoms with Crippen molar-refractivity contribution in [2.24, 2.45) is 0 Å². The number of hydrogen-bond donors (Lipinski definition) is 3. The van der Waals surface area contributed by atoms with Crippen molar-refractivity contribution >= 4 is 34.7 Å². The van der Waals surface area contributed by atoms with Crippen LogP contribution in [0.2, 0.25) is 0 Å². The first kappa shape index (κ1) is 13.8. The van der Waals surface area contributed by atoms with Gasteiger partial charge in [-0.25, -0.2) is 9.59 Å². The molecule has 0 fully saturated rings. The molecule has 0 saturated heterocycles. The van der Waals surface area contributed by atoms with Crippen molar-refractivity contribution in [3.05, 3.63) is 57.4 Å². The normalized spacial score (nSPS) is 19.1. The standard InChI is InChI=1S/C16H12N2O4S/c19-15(20)8-3-4-9-10(6-8)17-11-7-22-16(21)13(11)14(18-9)12-2-1-5-23-12/h1-6,14,17-18H,7H2,(H,19,20). The summed E-state index contributed by atoms with van der Waals surface area (Å²) in [7, 11) is 0. The summed E-state index contributed by atoms with van der Waals surface area (Å²) in [6.45, 7) is 0.161. The van der Waals surface area contributed by atoms with Gasteiger partial charge < -0.3 is 20.5 Å². The number of fused-ring (bicyclic) bond motifs is 1. The van der Waals surface area contributed by atoms with Crippen LogP contribution in [0.1, 0.15) is 21.3 Å². The van der Waals surface area contributed by atoms with E-state index in [1.807, 2.05) is 17.5 Å². The Kier molecular flexibility index (Phi) is 3.09. The first-order chi connectivity index (χ1) is 11.1. The van der Waals surface area contributed by atoms with E-state index in [0.717, 1.165) is 10.6 Å². The first-order valence-corrected chi connectivity index (χ1v) is 7.86. The van der Waals surface area contributed by atoms with Gasteiger partial charge in [0.2, 0.25) is 0 Å². The van der Waals surface area contributed by atoms with E-state index in [0.29, 0.717) is 17.0 Å². The number of carboxylic acids is 1. The van der Waals surface area contributed by atoms with Crippen LogP contribution in [0.5, 0.6) is 0 Å². The lowest BCUT2D eigenvalue weighted by atomic mass is 10.0. The molecule has 1 atom stereocenters. The fraction of sp³-hybridized carbons (Fsp3) is 0.125. The van der Waals surface area contributed by atoms with E-state index in [1.54, 1.807) is 23.5 Å². The van der Waals surface area contributed by atoms with Crippen LogP contribution in [0.15, 0.2) is 47.0 Å². The molecule has 0 amide bonds. The predicted molar refractivity (Wildman–Crippen MR) is 85.7 cm³/mol. The van der Waals surface area contributed by atoms with Gasteiger partial charge in [0.15, 0.2) is 0 Å². The topological polar surface area (TPSA) is 87.7 Å². The summed E-state index contributed by atoms with van der Waals surface area (Å²) in [5.41, 5.74) is 2.76. The molecule has 1 unspecified atom stereocenters. The smallest absolute Gasteiger partial charge is 0.338 e. The molecular formula is C16H12N2O4S. The SMILES string of the molecule is O=C1OCC2=C1C(c1cccs1)Nc1ccc(C(=O)O)cc1N2. The Morgan fingerprint density at radius 3 is 2.91 bits per heavy atom. The molecule has 116 valence electrons. The lowest BCUT2D eigenvalue weighted by Crippen LogP contribution is -2.16. The van der Waals surface area contributed by atoms with E-state index in [9.17, 15) is 9.59 Å². The van der Waals surface area contributed by atoms with Crippen LogP contribution < -0.4 is 10.6 Å². The minimum absolute atomic E-state index is 0.161. The Labute approximate surface area is 135 Å². The highest BCUT2D eigenvalue weighted by Gasteiger charge is 2.36. The molecular weight excluding hydrogens is 316 g/mol. The molecule has 0 radical (unpaired) electrons. The summed E-state index contributed by atoms with van der Waals surface area (Å²) in [6, 6.07) is 8.36. The third-order valence-corrected chi connectivity index (χ3v) is 4.80. The average molecular weight is 328 g/mol. The van der Waals surface area contributed by atoms with E-state index in [2.05, 4.69) is 10.6 Å². The van der Waals surface area contributed by atoms with Crippen molar-refractivity contribution in [2.45, 2.75) is 6.04 Å². The summed E-state index contributed by atoms with van der Waals surface area (Å²) >= 11 is 1.55. The number of carbonyl (C=O) groups is 2. The average Bonchev–Trinajstić information content (AvgIpc) is 3.14. The highest BCUT2D eigenvalue weighted by molar-refractivity contribution is 7.10. The maximum absolute atomic E-state index is 12.1. The van der Waals surface area contributed by atoms with Gasteiger partial charge in [0.1, 0.15) is 6.61 Å². The van der Waals surface area contributed by atoms with Crippen molar-refractivity contribution in [1.29, 1.82) is 0 Å². The van der Waals surface area contributed by atoms with Crippen LogP contribution in [-0.2, 0) is 9.53 Å². The molecule has 0 bridgehead atoms. The zero-order valence-electron chi connectivity index (χ0n) is 11.8. The number of carboxylic acid groups (broad SMARTS) is 1. The monoisotopic (exact) mass is 328 g/mol. The lowest BCUT2D eigenvalue weighted by Gasteiger charge is -2.18. The summed E-state index contributed by atoms with van der Waals surface area (Å²) in [5, 5.41) is 17.6. The molecule has 0 saturated carbocycles. The fourth-order valence-electron chi connectivity index (χ4n) is 2.78. The number of cyclic esters (lactones) is 1. The van der Waals surface area contributed by atoms with Gasteiger partial charge in [0.25, 0.3) is 0 Å². The van der Waals surface area contributed by atoms with Crippen molar-refractivity contribution in [3.8, 4) is 0 Å². The molecule has 2 aliphatic heterocycles. The molecule has 1 aromatic heterocycles. The van der Waals surface area contributed by atoms with Crippen LogP contribution >= 0.6 is 11.3 Å². The molecule has 1 aromatic carbocycles. The molecule has 2 aromatic rings. The van der Waals surface area contributed by atoms with Gasteiger partial charge in [-0.3, -0.25) is 0 Å². The number of ether oxygens (including phenoxy) is 1. The zero-order valence-corrected chi connectivity index (χ0v) is 12.6. The van der Waals surface area contributed by atoms with Gasteiger partial charge in [0.05, 0.1) is 34.3 Å². The largest absolute Gasteiger partial charge is 0.478 e. The first-order valence-electron chi connectivity index (χ1n) is 6.98. The number of aromatic carboxylic acids is 1. The van der Waals surface area contributed by atoms with Crippen molar-refractivity contribution in [3.63, 3.8) is 0 Å². The van der Waals surface area contributed by atoms with Gasteiger partial charge in [0, 0.05) is 4.88 Å². The molecule has 23 heavy (non-hydrogen) atoms. The number of rotatable bonds is 2. The summed E-state index contributed by atoms with van der Waals surface area (Å²) in [5.74, 6) is -1.36. The molecule has 7 heteroatoms. The zero-order chi connectivity index (χ0) is 16.0. The Morgan fingerprint density at radius 1 is 1.30 bits per heavy atom. The third-order valence-electron chi connectivity index (χ3n) is 3.86. The van der Waals surface area contributed by atoms with E-state index in [1.165, 1.54) is 6.07 Å².